The molecule has 1 saturated heterocycles. The second kappa shape index (κ2) is 4.00. The second-order valence-electron chi connectivity index (χ2n) is 4.54. The van der Waals surface area contributed by atoms with Crippen molar-refractivity contribution < 1.29 is 5.11 Å². The van der Waals surface area contributed by atoms with Gasteiger partial charge in [-0.05, 0) is 31.6 Å². The highest BCUT2D eigenvalue weighted by atomic mass is 16.3. The second-order valence-corrected chi connectivity index (χ2v) is 4.54. The molecule has 1 N–H and O–H groups in total. The molecule has 0 bridgehead atoms. The molecule has 1 unspecified atom stereocenters. The van der Waals surface area contributed by atoms with E-state index < -0.39 is 0 Å². The summed E-state index contributed by atoms with van der Waals surface area (Å²) in [7, 11) is 0. The number of pyridine rings is 1. The molecule has 1 aliphatic heterocycles. The van der Waals surface area contributed by atoms with Gasteiger partial charge in [-0.2, -0.15) is 5.10 Å². The van der Waals surface area contributed by atoms with Gasteiger partial charge < -0.3 is 10.0 Å². The van der Waals surface area contributed by atoms with Crippen LogP contribution in [-0.2, 0) is 0 Å². The number of rotatable bonds is 2. The van der Waals surface area contributed by atoms with Gasteiger partial charge in [0.2, 0.25) is 0 Å². The lowest BCUT2D eigenvalue weighted by Gasteiger charge is -2.10. The Morgan fingerprint density at radius 3 is 3.12 bits per heavy atom. The monoisotopic (exact) mass is 232 g/mol. The highest BCUT2D eigenvalue weighted by molar-refractivity contribution is 5.40. The molecule has 3 heterocycles. The van der Waals surface area contributed by atoms with E-state index in [1.807, 2.05) is 0 Å². The van der Waals surface area contributed by atoms with Crippen molar-refractivity contribution in [1.82, 2.24) is 19.5 Å². The van der Waals surface area contributed by atoms with Crippen LogP contribution in [0.15, 0.2) is 18.3 Å². The average molecular weight is 232 g/mol. The number of fused-ring (bicyclic) bond motifs is 1. The van der Waals surface area contributed by atoms with Crippen LogP contribution in [0.25, 0.3) is 5.65 Å². The number of hydrogen-bond acceptors (Lipinski definition) is 4. The smallest absolute Gasteiger partial charge is 0.156 e. The van der Waals surface area contributed by atoms with E-state index in [1.165, 1.54) is 0 Å². The van der Waals surface area contributed by atoms with Gasteiger partial charge >= 0.3 is 0 Å². The van der Waals surface area contributed by atoms with Gasteiger partial charge in [0.25, 0.3) is 0 Å². The zero-order valence-electron chi connectivity index (χ0n) is 9.87. The number of likely N-dealkylation sites (N-methyl/N-ethyl adjacent to an activating group) is 1. The molecule has 0 aromatic carbocycles. The number of nitrogens with zero attached hydrogens (tertiary/aromatic N) is 4. The SMILES string of the molecule is CCN1CCC(c2nc3ccc(O)cn3n2)C1. The van der Waals surface area contributed by atoms with E-state index in [4.69, 9.17) is 0 Å². The molecule has 0 saturated carbocycles. The first-order valence-corrected chi connectivity index (χ1v) is 6.04. The van der Waals surface area contributed by atoms with E-state index >= 15 is 0 Å². The molecule has 0 spiro atoms. The average Bonchev–Trinajstić information content (AvgIpc) is 2.93. The van der Waals surface area contributed by atoms with Gasteiger partial charge in [-0.15, -0.1) is 0 Å². The molecule has 5 heteroatoms. The lowest BCUT2D eigenvalue weighted by Crippen LogP contribution is -2.19. The van der Waals surface area contributed by atoms with E-state index in [0.717, 1.165) is 37.5 Å². The first-order chi connectivity index (χ1) is 8.26. The fourth-order valence-corrected chi connectivity index (χ4v) is 2.39. The van der Waals surface area contributed by atoms with E-state index in [-0.39, 0.29) is 5.75 Å². The molecule has 90 valence electrons. The summed E-state index contributed by atoms with van der Waals surface area (Å²) in [6.45, 7) is 5.43. The Balaban J connectivity index is 1.91. The molecule has 1 fully saturated rings. The summed E-state index contributed by atoms with van der Waals surface area (Å²) in [6.07, 6.45) is 2.72. The van der Waals surface area contributed by atoms with Crippen LogP contribution in [0.4, 0.5) is 0 Å². The topological polar surface area (TPSA) is 53.7 Å². The largest absolute Gasteiger partial charge is 0.506 e. The lowest BCUT2D eigenvalue weighted by atomic mass is 10.1. The highest BCUT2D eigenvalue weighted by Crippen LogP contribution is 2.25. The van der Waals surface area contributed by atoms with E-state index in [9.17, 15) is 5.11 Å². The fraction of sp³-hybridized carbons (Fsp3) is 0.500. The minimum Gasteiger partial charge on any atom is -0.506 e. The number of aromatic hydroxyl groups is 1. The summed E-state index contributed by atoms with van der Waals surface area (Å²) in [5, 5.41) is 13.8. The Hall–Kier alpha value is -1.62. The number of hydrogen-bond donors (Lipinski definition) is 1. The zero-order valence-corrected chi connectivity index (χ0v) is 9.87. The molecule has 1 aliphatic rings. The van der Waals surface area contributed by atoms with Crippen LogP contribution in [-0.4, -0.2) is 44.2 Å². The van der Waals surface area contributed by atoms with Crippen LogP contribution in [0, 0.1) is 0 Å². The van der Waals surface area contributed by atoms with Gasteiger partial charge in [-0.1, -0.05) is 6.92 Å². The van der Waals surface area contributed by atoms with Crippen molar-refractivity contribution in [3.8, 4) is 5.75 Å². The summed E-state index contributed by atoms with van der Waals surface area (Å²) >= 11 is 0. The number of aromatic nitrogens is 3. The first-order valence-electron chi connectivity index (χ1n) is 6.04. The highest BCUT2D eigenvalue weighted by Gasteiger charge is 2.25. The normalized spacial score (nSPS) is 21.4. The third kappa shape index (κ3) is 1.86. The quantitative estimate of drug-likeness (QED) is 0.846. The van der Waals surface area contributed by atoms with Crippen molar-refractivity contribution >= 4 is 5.65 Å². The fourth-order valence-electron chi connectivity index (χ4n) is 2.39. The Kier molecular flexibility index (Phi) is 2.48. The zero-order chi connectivity index (χ0) is 11.8. The molecule has 5 nitrogen and oxygen atoms in total. The molecule has 0 radical (unpaired) electrons. The van der Waals surface area contributed by atoms with Crippen molar-refractivity contribution in [1.29, 1.82) is 0 Å². The van der Waals surface area contributed by atoms with Crippen LogP contribution in [0.1, 0.15) is 25.1 Å². The van der Waals surface area contributed by atoms with Gasteiger partial charge in [-0.25, -0.2) is 9.50 Å². The van der Waals surface area contributed by atoms with Gasteiger partial charge in [0.15, 0.2) is 11.5 Å². The van der Waals surface area contributed by atoms with Gasteiger partial charge in [-0.3, -0.25) is 0 Å². The van der Waals surface area contributed by atoms with Crippen LogP contribution in [0.5, 0.6) is 5.75 Å². The van der Waals surface area contributed by atoms with Crippen molar-refractivity contribution in [2.24, 2.45) is 0 Å². The van der Waals surface area contributed by atoms with Crippen molar-refractivity contribution in [3.63, 3.8) is 0 Å². The molecule has 3 rings (SSSR count). The summed E-state index contributed by atoms with van der Waals surface area (Å²) in [4.78, 5) is 6.93. The maximum absolute atomic E-state index is 9.39. The first kappa shape index (κ1) is 10.5. The molecule has 2 aromatic heterocycles. The summed E-state index contributed by atoms with van der Waals surface area (Å²) in [6, 6.07) is 3.43. The molecule has 0 amide bonds. The third-order valence-electron chi connectivity index (χ3n) is 3.42. The van der Waals surface area contributed by atoms with Gasteiger partial charge in [0.05, 0.1) is 6.20 Å². The third-order valence-corrected chi connectivity index (χ3v) is 3.42. The van der Waals surface area contributed by atoms with Gasteiger partial charge in [0, 0.05) is 12.5 Å². The Labute approximate surface area is 99.7 Å². The molecule has 17 heavy (non-hydrogen) atoms. The molecule has 2 aromatic rings. The molecular weight excluding hydrogens is 216 g/mol. The minimum absolute atomic E-state index is 0.218. The molecule has 0 aliphatic carbocycles. The Bertz CT molecular complexity index is 536. The predicted molar refractivity (Wildman–Crippen MR) is 64.1 cm³/mol. The van der Waals surface area contributed by atoms with E-state index in [2.05, 4.69) is 21.9 Å². The van der Waals surface area contributed by atoms with Gasteiger partial charge in [0.1, 0.15) is 5.75 Å². The summed E-state index contributed by atoms with van der Waals surface area (Å²) < 4.78 is 1.65. The standard InChI is InChI=1S/C12H16N4O/c1-2-15-6-5-9(7-15)12-13-11-4-3-10(17)8-16(11)14-12/h3-4,8-9,17H,2,5-7H2,1H3. The Morgan fingerprint density at radius 1 is 1.47 bits per heavy atom. The van der Waals surface area contributed by atoms with Crippen molar-refractivity contribution in [2.75, 3.05) is 19.6 Å². The maximum atomic E-state index is 9.39. The maximum Gasteiger partial charge on any atom is 0.156 e. The van der Waals surface area contributed by atoms with Crippen LogP contribution >= 0.6 is 0 Å². The predicted octanol–water partition coefficient (Wildman–Crippen LogP) is 1.24. The van der Waals surface area contributed by atoms with Crippen molar-refractivity contribution in [3.05, 3.63) is 24.2 Å². The van der Waals surface area contributed by atoms with Crippen molar-refractivity contribution in [2.45, 2.75) is 19.3 Å². The lowest BCUT2D eigenvalue weighted by molar-refractivity contribution is 0.352. The van der Waals surface area contributed by atoms with E-state index in [0.29, 0.717) is 5.92 Å². The molecule has 1 atom stereocenters. The number of likely N-dealkylation sites (tertiary alicyclic amines) is 1. The Morgan fingerprint density at radius 2 is 2.35 bits per heavy atom. The summed E-state index contributed by atoms with van der Waals surface area (Å²) in [5.41, 5.74) is 0.799. The van der Waals surface area contributed by atoms with Crippen LogP contribution in [0.3, 0.4) is 0 Å². The minimum atomic E-state index is 0.218. The van der Waals surface area contributed by atoms with E-state index in [1.54, 1.807) is 22.8 Å². The molecular formula is C12H16N4O. The van der Waals surface area contributed by atoms with Crippen LogP contribution < -0.4 is 0 Å². The van der Waals surface area contributed by atoms with Crippen LogP contribution in [0.2, 0.25) is 0 Å². The summed E-state index contributed by atoms with van der Waals surface area (Å²) in [5.74, 6) is 1.54.